The third kappa shape index (κ3) is 5.35. The Hall–Kier alpha value is -3.36. The number of nitrogens with one attached hydrogen (secondary N) is 1. The summed E-state index contributed by atoms with van der Waals surface area (Å²) in [6.45, 7) is 1.40. The van der Waals surface area contributed by atoms with Crippen LogP contribution in [-0.4, -0.2) is 38.8 Å². The quantitative estimate of drug-likeness (QED) is 0.535. The van der Waals surface area contributed by atoms with Crippen LogP contribution in [0.15, 0.2) is 77.7 Å². The molecule has 3 aromatic rings. The predicted octanol–water partition coefficient (Wildman–Crippen LogP) is 4.31. The molecule has 1 saturated heterocycles. The number of methoxy groups -OCH3 is 1. The van der Waals surface area contributed by atoms with Gasteiger partial charge in [0.25, 0.3) is 5.91 Å². The Kier molecular flexibility index (Phi) is 6.96. The van der Waals surface area contributed by atoms with Crippen LogP contribution in [0.3, 0.4) is 0 Å². The third-order valence-electron chi connectivity index (χ3n) is 5.47. The average molecular weight is 467 g/mol. The first kappa shape index (κ1) is 22.8. The van der Waals surface area contributed by atoms with Gasteiger partial charge in [-0.1, -0.05) is 30.3 Å². The van der Waals surface area contributed by atoms with E-state index >= 15 is 0 Å². The largest absolute Gasteiger partial charge is 0.495 e. The molecule has 0 bridgehead atoms. The normalized spacial score (nSPS) is 14.1. The molecule has 0 unspecified atom stereocenters. The number of sulfonamides is 1. The van der Waals surface area contributed by atoms with E-state index < -0.39 is 15.9 Å². The van der Waals surface area contributed by atoms with Gasteiger partial charge >= 0.3 is 0 Å². The molecule has 0 aliphatic carbocycles. The second-order valence-electron chi connectivity index (χ2n) is 7.73. The number of nitrogens with zero attached hydrogens (tertiary/aromatic N) is 1. The SMILES string of the molecule is COc1ccc(C(=O)Nc2ccc(OCc3ccccc3)cc2)cc1S(=O)(=O)N1CCCC1. The van der Waals surface area contributed by atoms with Crippen LogP contribution < -0.4 is 14.8 Å². The van der Waals surface area contributed by atoms with Crippen LogP contribution in [-0.2, 0) is 16.6 Å². The van der Waals surface area contributed by atoms with E-state index in [9.17, 15) is 13.2 Å². The van der Waals surface area contributed by atoms with Crippen LogP contribution >= 0.6 is 0 Å². The van der Waals surface area contributed by atoms with E-state index in [0.29, 0.717) is 31.1 Å². The Morgan fingerprint density at radius 3 is 2.33 bits per heavy atom. The number of ether oxygens (including phenoxy) is 2. The summed E-state index contributed by atoms with van der Waals surface area (Å²) in [5.41, 5.74) is 1.87. The summed E-state index contributed by atoms with van der Waals surface area (Å²) in [6.07, 6.45) is 1.65. The molecule has 172 valence electrons. The van der Waals surface area contributed by atoms with Crippen LogP contribution in [0.5, 0.6) is 11.5 Å². The Morgan fingerprint density at radius 2 is 1.67 bits per heavy atom. The molecule has 1 aliphatic rings. The van der Waals surface area contributed by atoms with Gasteiger partial charge in [0, 0.05) is 24.3 Å². The number of rotatable bonds is 8. The summed E-state index contributed by atoms with van der Waals surface area (Å²) in [5, 5.41) is 2.80. The van der Waals surface area contributed by atoms with Crippen molar-refractivity contribution in [3.05, 3.63) is 83.9 Å². The lowest BCUT2D eigenvalue weighted by atomic mass is 10.2. The summed E-state index contributed by atoms with van der Waals surface area (Å²) in [5.74, 6) is 0.493. The topological polar surface area (TPSA) is 84.9 Å². The van der Waals surface area contributed by atoms with Gasteiger partial charge in [-0.05, 0) is 60.9 Å². The van der Waals surface area contributed by atoms with Crippen molar-refractivity contribution >= 4 is 21.6 Å². The van der Waals surface area contributed by atoms with Crippen LogP contribution in [0.2, 0.25) is 0 Å². The van der Waals surface area contributed by atoms with Crippen LogP contribution in [0.25, 0.3) is 0 Å². The first-order valence-corrected chi connectivity index (χ1v) is 12.2. The van der Waals surface area contributed by atoms with Crippen molar-refractivity contribution < 1.29 is 22.7 Å². The molecule has 1 fully saturated rings. The van der Waals surface area contributed by atoms with E-state index in [1.807, 2.05) is 30.3 Å². The van der Waals surface area contributed by atoms with Gasteiger partial charge in [-0.15, -0.1) is 0 Å². The van der Waals surface area contributed by atoms with Gasteiger partial charge in [0.05, 0.1) is 7.11 Å². The highest BCUT2D eigenvalue weighted by Gasteiger charge is 2.30. The molecule has 0 radical (unpaired) electrons. The lowest BCUT2D eigenvalue weighted by Gasteiger charge is -2.18. The minimum absolute atomic E-state index is 0.00390. The van der Waals surface area contributed by atoms with Gasteiger partial charge in [-0.3, -0.25) is 4.79 Å². The summed E-state index contributed by atoms with van der Waals surface area (Å²) in [4.78, 5) is 12.8. The number of benzene rings is 3. The minimum atomic E-state index is -3.73. The Morgan fingerprint density at radius 1 is 0.970 bits per heavy atom. The number of carbonyl (C=O) groups is 1. The van der Waals surface area contributed by atoms with Gasteiger partial charge in [0.15, 0.2) is 0 Å². The molecule has 1 amide bonds. The molecule has 3 aromatic carbocycles. The molecule has 0 saturated carbocycles. The fourth-order valence-corrected chi connectivity index (χ4v) is 5.36. The van der Waals surface area contributed by atoms with E-state index in [1.54, 1.807) is 30.3 Å². The first-order chi connectivity index (χ1) is 16.0. The smallest absolute Gasteiger partial charge is 0.255 e. The second-order valence-corrected chi connectivity index (χ2v) is 9.64. The van der Waals surface area contributed by atoms with E-state index in [1.165, 1.54) is 23.5 Å². The zero-order chi connectivity index (χ0) is 23.3. The zero-order valence-corrected chi connectivity index (χ0v) is 19.2. The number of amides is 1. The van der Waals surface area contributed by atoms with E-state index in [0.717, 1.165) is 18.4 Å². The van der Waals surface area contributed by atoms with Crippen LogP contribution in [0, 0.1) is 0 Å². The summed E-state index contributed by atoms with van der Waals surface area (Å²) >= 11 is 0. The summed E-state index contributed by atoms with van der Waals surface area (Å²) < 4.78 is 38.6. The zero-order valence-electron chi connectivity index (χ0n) is 18.4. The van der Waals surface area contributed by atoms with Crippen molar-refractivity contribution in [3.63, 3.8) is 0 Å². The highest BCUT2D eigenvalue weighted by Crippen LogP contribution is 2.30. The number of anilines is 1. The maximum absolute atomic E-state index is 13.0. The Bertz CT molecular complexity index is 1210. The maximum Gasteiger partial charge on any atom is 0.255 e. The van der Waals surface area contributed by atoms with E-state index in [4.69, 9.17) is 9.47 Å². The molecule has 0 spiro atoms. The molecule has 7 nitrogen and oxygen atoms in total. The molecule has 0 atom stereocenters. The summed E-state index contributed by atoms with van der Waals surface area (Å²) in [6, 6.07) is 21.3. The summed E-state index contributed by atoms with van der Waals surface area (Å²) in [7, 11) is -2.32. The standard InChI is InChI=1S/C25H26N2O5S/c1-31-23-14-9-20(17-24(23)33(29,30)27-15-5-6-16-27)25(28)26-21-10-12-22(13-11-21)32-18-19-7-3-2-4-8-19/h2-4,7-14,17H,5-6,15-16,18H2,1H3,(H,26,28). The molecule has 8 heteroatoms. The lowest BCUT2D eigenvalue weighted by molar-refractivity contribution is 0.102. The number of hydrogen-bond donors (Lipinski definition) is 1. The Labute approximate surface area is 194 Å². The first-order valence-electron chi connectivity index (χ1n) is 10.7. The van der Waals surface area contributed by atoms with Gasteiger partial charge < -0.3 is 14.8 Å². The maximum atomic E-state index is 13.0. The van der Waals surface area contributed by atoms with E-state index in [-0.39, 0.29) is 16.2 Å². The molecule has 0 aromatic heterocycles. The Balaban J connectivity index is 1.46. The van der Waals surface area contributed by atoms with Crippen molar-refractivity contribution in [1.82, 2.24) is 4.31 Å². The van der Waals surface area contributed by atoms with Crippen molar-refractivity contribution in [2.45, 2.75) is 24.3 Å². The molecular weight excluding hydrogens is 440 g/mol. The van der Waals surface area contributed by atoms with E-state index in [2.05, 4.69) is 5.32 Å². The number of carbonyl (C=O) groups excluding carboxylic acids is 1. The van der Waals surface area contributed by atoms with Gasteiger partial charge in [0.1, 0.15) is 23.0 Å². The van der Waals surface area contributed by atoms with Crippen LogP contribution in [0.4, 0.5) is 5.69 Å². The van der Waals surface area contributed by atoms with Gasteiger partial charge in [-0.2, -0.15) is 4.31 Å². The molecule has 4 rings (SSSR count). The monoisotopic (exact) mass is 466 g/mol. The fraction of sp³-hybridized carbons (Fsp3) is 0.240. The minimum Gasteiger partial charge on any atom is -0.495 e. The highest BCUT2D eigenvalue weighted by molar-refractivity contribution is 7.89. The van der Waals surface area contributed by atoms with Gasteiger partial charge in [0.2, 0.25) is 10.0 Å². The van der Waals surface area contributed by atoms with Gasteiger partial charge in [-0.25, -0.2) is 8.42 Å². The van der Waals surface area contributed by atoms with Crippen LogP contribution in [0.1, 0.15) is 28.8 Å². The lowest BCUT2D eigenvalue weighted by Crippen LogP contribution is -2.28. The average Bonchev–Trinajstić information content (AvgIpc) is 3.40. The second kappa shape index (κ2) is 10.1. The van der Waals surface area contributed by atoms with Crippen molar-refractivity contribution in [3.8, 4) is 11.5 Å². The predicted molar refractivity (Wildman–Crippen MR) is 126 cm³/mol. The highest BCUT2D eigenvalue weighted by atomic mass is 32.2. The van der Waals surface area contributed by atoms with Crippen molar-refractivity contribution in [1.29, 1.82) is 0 Å². The van der Waals surface area contributed by atoms with Crippen molar-refractivity contribution in [2.24, 2.45) is 0 Å². The third-order valence-corrected chi connectivity index (χ3v) is 7.39. The number of hydrogen-bond acceptors (Lipinski definition) is 5. The molecule has 33 heavy (non-hydrogen) atoms. The molecule has 1 heterocycles. The fourth-order valence-electron chi connectivity index (χ4n) is 3.67. The van der Waals surface area contributed by atoms with Crippen molar-refractivity contribution in [2.75, 3.05) is 25.5 Å². The molecule has 1 aliphatic heterocycles. The molecular formula is C25H26N2O5S. The molecule has 1 N–H and O–H groups in total.